The lowest BCUT2D eigenvalue weighted by molar-refractivity contribution is 0.274. The zero-order valence-electron chi connectivity index (χ0n) is 33.2. The summed E-state index contributed by atoms with van der Waals surface area (Å²) in [5.74, 6) is 5.63. The van der Waals surface area contributed by atoms with Crippen molar-refractivity contribution in [1.29, 1.82) is 10.5 Å². The van der Waals surface area contributed by atoms with Gasteiger partial charge >= 0.3 is 0 Å². The molecule has 0 bridgehead atoms. The van der Waals surface area contributed by atoms with E-state index in [1.807, 2.05) is 13.8 Å². The van der Waals surface area contributed by atoms with Gasteiger partial charge < -0.3 is 18.9 Å². The lowest BCUT2D eigenvalue weighted by atomic mass is 9.70. The molecule has 0 aromatic heterocycles. The molecule has 5 aliphatic rings. The van der Waals surface area contributed by atoms with Crippen LogP contribution < -0.4 is 18.9 Å². The Hall–Kier alpha value is -3.94. The van der Waals surface area contributed by atoms with Crippen molar-refractivity contribution in [3.8, 4) is 46.6 Å². The van der Waals surface area contributed by atoms with E-state index >= 15 is 0 Å². The van der Waals surface area contributed by atoms with E-state index in [9.17, 15) is 18.9 Å². The summed E-state index contributed by atoms with van der Waals surface area (Å²) in [4.78, 5) is 4.76. The highest BCUT2D eigenvalue weighted by Crippen LogP contribution is 2.68. The molecule has 0 saturated carbocycles. The molecule has 1 spiro atoms. The minimum absolute atomic E-state index is 0.242. The van der Waals surface area contributed by atoms with Gasteiger partial charge in [0.25, 0.3) is 0 Å². The van der Waals surface area contributed by atoms with Crippen LogP contribution in [0.25, 0.3) is 0 Å². The van der Waals surface area contributed by atoms with Gasteiger partial charge in [0.15, 0.2) is 34.5 Å². The molecule has 1 unspecified atom stereocenters. The van der Waals surface area contributed by atoms with Crippen molar-refractivity contribution in [2.24, 2.45) is 0 Å². The Morgan fingerprint density at radius 3 is 1.67 bits per heavy atom. The van der Waals surface area contributed by atoms with Crippen molar-refractivity contribution in [1.82, 2.24) is 9.80 Å². The first kappa shape index (κ1) is 38.0. The Morgan fingerprint density at radius 1 is 0.709 bits per heavy atom. The number of ether oxygens (including phenoxy) is 4. The van der Waals surface area contributed by atoms with E-state index in [2.05, 4.69) is 61.8 Å². The molecular formula is C43H50N4O6S2. The molecule has 10 nitrogen and oxygen atoms in total. The zero-order valence-corrected chi connectivity index (χ0v) is 34.8. The van der Waals surface area contributed by atoms with Gasteiger partial charge in [-0.05, 0) is 83.0 Å². The highest BCUT2D eigenvalue weighted by molar-refractivity contribution is 7.85. The van der Waals surface area contributed by atoms with Gasteiger partial charge in [0.05, 0.1) is 14.2 Å². The van der Waals surface area contributed by atoms with Crippen LogP contribution in [0.3, 0.4) is 0 Å². The van der Waals surface area contributed by atoms with Gasteiger partial charge in [0, 0.05) is 100 Å². The topological polar surface area (TPSA) is 125 Å². The number of benzene rings is 3. The number of nitrogens with zero attached hydrogens (tertiary/aromatic N) is 4. The molecule has 2 aliphatic carbocycles. The number of rotatable bonds is 6. The fraction of sp³-hybridized carbons (Fsp3) is 0.535. The van der Waals surface area contributed by atoms with E-state index in [0.29, 0.717) is 88.7 Å². The monoisotopic (exact) mass is 782 g/mol. The third-order valence-electron chi connectivity index (χ3n) is 12.9. The SMILES string of the molecule is COc1cc2c(c(CN3CCS(=O)CC3)c1OC)C1(CC2(C)C)CC(C)(C)c2cc3c(c(CN4CCS(=O)CC4)c21)Oc1c(C#N)c(C)c(C)c(C#N)c1O3. The van der Waals surface area contributed by atoms with Crippen LogP contribution in [0.1, 0.15) is 96.2 Å². The van der Waals surface area contributed by atoms with Gasteiger partial charge in [-0.25, -0.2) is 0 Å². The predicted molar refractivity (Wildman–Crippen MR) is 214 cm³/mol. The minimum Gasteiger partial charge on any atom is -0.493 e. The molecular weight excluding hydrogens is 733 g/mol. The summed E-state index contributed by atoms with van der Waals surface area (Å²) < 4.78 is 51.1. The largest absolute Gasteiger partial charge is 0.493 e. The summed E-state index contributed by atoms with van der Waals surface area (Å²) in [5.41, 5.74) is 8.14. The van der Waals surface area contributed by atoms with E-state index in [-0.39, 0.29) is 22.3 Å². The quantitative estimate of drug-likeness (QED) is 0.208. The highest BCUT2D eigenvalue weighted by atomic mass is 32.2. The van der Waals surface area contributed by atoms with E-state index in [4.69, 9.17) is 18.9 Å². The second-order valence-corrected chi connectivity index (χ2v) is 20.5. The van der Waals surface area contributed by atoms with Crippen LogP contribution in [0.5, 0.6) is 34.5 Å². The molecule has 1 atom stereocenters. The zero-order chi connectivity index (χ0) is 39.2. The molecule has 290 valence electrons. The first-order valence-corrected chi connectivity index (χ1v) is 22.1. The van der Waals surface area contributed by atoms with Crippen molar-refractivity contribution in [3.63, 3.8) is 0 Å². The molecule has 3 heterocycles. The summed E-state index contributed by atoms with van der Waals surface area (Å²) in [7, 11) is 1.75. The summed E-state index contributed by atoms with van der Waals surface area (Å²) in [6.07, 6.45) is 1.67. The molecule has 0 amide bonds. The molecule has 3 aromatic carbocycles. The van der Waals surface area contributed by atoms with Crippen molar-refractivity contribution < 1.29 is 27.4 Å². The van der Waals surface area contributed by atoms with E-state index in [0.717, 1.165) is 42.8 Å². The lowest BCUT2D eigenvalue weighted by Crippen LogP contribution is -2.39. The number of hydrogen-bond donors (Lipinski definition) is 0. The molecule has 12 heteroatoms. The molecule has 3 aromatic rings. The maximum Gasteiger partial charge on any atom is 0.189 e. The Bertz CT molecular complexity index is 2270. The van der Waals surface area contributed by atoms with Crippen molar-refractivity contribution >= 4 is 21.6 Å². The van der Waals surface area contributed by atoms with E-state index < -0.39 is 27.0 Å². The summed E-state index contributed by atoms with van der Waals surface area (Å²) >= 11 is 0. The van der Waals surface area contributed by atoms with Gasteiger partial charge in [-0.3, -0.25) is 18.2 Å². The Morgan fingerprint density at radius 2 is 1.18 bits per heavy atom. The predicted octanol–water partition coefficient (Wildman–Crippen LogP) is 6.74. The summed E-state index contributed by atoms with van der Waals surface area (Å²) in [5, 5.41) is 20.8. The summed E-state index contributed by atoms with van der Waals surface area (Å²) in [6.45, 7) is 17.0. The van der Waals surface area contributed by atoms with Crippen LogP contribution in [-0.2, 0) is 50.9 Å². The second-order valence-electron chi connectivity index (χ2n) is 17.2. The average Bonchev–Trinajstić information content (AvgIpc) is 3.51. The van der Waals surface area contributed by atoms with Gasteiger partial charge in [0.1, 0.15) is 23.3 Å². The molecule has 2 fully saturated rings. The molecule has 2 saturated heterocycles. The van der Waals surface area contributed by atoms with Gasteiger partial charge in [-0.15, -0.1) is 0 Å². The highest BCUT2D eigenvalue weighted by Gasteiger charge is 2.59. The third kappa shape index (κ3) is 5.89. The van der Waals surface area contributed by atoms with Crippen LogP contribution in [0.15, 0.2) is 12.1 Å². The van der Waals surface area contributed by atoms with Crippen molar-refractivity contribution in [2.45, 2.75) is 83.7 Å². The van der Waals surface area contributed by atoms with E-state index in [1.54, 1.807) is 14.2 Å². The third-order valence-corrected chi connectivity index (χ3v) is 15.5. The second kappa shape index (κ2) is 13.6. The number of nitriles is 2. The van der Waals surface area contributed by atoms with Crippen molar-refractivity contribution in [3.05, 3.63) is 67.8 Å². The maximum atomic E-state index is 12.6. The smallest absolute Gasteiger partial charge is 0.189 e. The number of fused-ring (bicyclic) bond motifs is 6. The molecule has 3 aliphatic heterocycles. The number of hydrogen-bond acceptors (Lipinski definition) is 10. The average molecular weight is 783 g/mol. The molecule has 55 heavy (non-hydrogen) atoms. The molecule has 0 N–H and O–H groups in total. The standard InChI is InChI=1S/C43H50N4O6S2/c1-25-26(2)28(20-45)40-39(27(25)19-44)52-34-18-32-36(30(38(34)53-40)22-47-11-15-55(49)16-12-47)43(24-42(32,5)6)23-41(3,4)31-17-33(50-7)37(51-8)29(35(31)43)21-46-9-13-54(48)14-10-46/h17-18H,9-16,21-24H2,1-8H3. The van der Waals surface area contributed by atoms with Crippen LogP contribution >= 0.6 is 0 Å². The summed E-state index contributed by atoms with van der Waals surface area (Å²) in [6, 6.07) is 9.00. The normalized spacial score (nSPS) is 22.8. The minimum atomic E-state index is -0.854. The fourth-order valence-electron chi connectivity index (χ4n) is 10.4. The first-order chi connectivity index (χ1) is 26.2. The Labute approximate surface area is 329 Å². The van der Waals surface area contributed by atoms with E-state index in [1.165, 1.54) is 22.3 Å². The maximum absolute atomic E-state index is 12.6. The van der Waals surface area contributed by atoms with Crippen molar-refractivity contribution in [2.75, 3.05) is 63.4 Å². The molecule has 0 radical (unpaired) electrons. The van der Waals surface area contributed by atoms with Gasteiger partial charge in [-0.1, -0.05) is 27.7 Å². The van der Waals surface area contributed by atoms with Crippen LogP contribution in [-0.4, -0.2) is 81.6 Å². The Balaban J connectivity index is 1.42. The van der Waals surface area contributed by atoms with Crippen LogP contribution in [0, 0.1) is 36.5 Å². The first-order valence-electron chi connectivity index (χ1n) is 19.1. The van der Waals surface area contributed by atoms with Crippen LogP contribution in [0.4, 0.5) is 0 Å². The fourth-order valence-corrected chi connectivity index (χ4v) is 12.6. The number of methoxy groups -OCH3 is 2. The van der Waals surface area contributed by atoms with Gasteiger partial charge in [-0.2, -0.15) is 10.5 Å². The Kier molecular flexibility index (Phi) is 9.40. The van der Waals surface area contributed by atoms with Gasteiger partial charge in [0.2, 0.25) is 0 Å². The lowest BCUT2D eigenvalue weighted by Gasteiger charge is -2.37. The molecule has 8 rings (SSSR count). The van der Waals surface area contributed by atoms with Crippen LogP contribution in [0.2, 0.25) is 0 Å².